The third kappa shape index (κ3) is 11.6. The number of benzene rings is 2. The van der Waals surface area contributed by atoms with E-state index in [1.54, 1.807) is 69.2 Å². The van der Waals surface area contributed by atoms with Crippen molar-refractivity contribution in [2.75, 3.05) is 79.3 Å². The van der Waals surface area contributed by atoms with Crippen LogP contribution < -0.4 is 47.4 Å². The molecule has 0 saturated carbocycles. The Morgan fingerprint density at radius 2 is 0.614 bits per heavy atom. The largest absolute Gasteiger partial charge is 0.488 e. The molecule has 0 bridgehead atoms. The van der Waals surface area contributed by atoms with Crippen molar-refractivity contribution in [2.45, 2.75) is 79.0 Å². The van der Waals surface area contributed by atoms with E-state index >= 15 is 8.42 Å². The predicted octanol–water partition coefficient (Wildman–Crippen LogP) is 6.71. The first-order valence-electron chi connectivity index (χ1n) is 19.0. The summed E-state index contributed by atoms with van der Waals surface area (Å²) in [7, 11) is -5.04. The molecular weight excluding hydrogens is 768 g/mol. The Hall–Kier alpha value is -4.87. The van der Waals surface area contributed by atoms with E-state index < -0.39 is 31.6 Å². The average Bonchev–Trinajstić information content (AvgIpc) is 3.18. The summed E-state index contributed by atoms with van der Waals surface area (Å²) < 4.78 is 102. The third-order valence-corrected chi connectivity index (χ3v) is 9.07. The quantitative estimate of drug-likeness (QED) is 0.0502. The second-order valence-electron chi connectivity index (χ2n) is 11.2. The standard InChI is InChI=1S/C40H58O16S/c1-13-45-23-25(11)39(41)55-31-27(47-15-3)33(51-19-7)37(34(52-20-8)28(31)48-16-4)57(43,44)38-35(53-21-9)29(49-17-5)32(30(50-18-6)36(38)54-22-10)56-40(42)26(12)24-46-14-2/h11-24H2,1-10H3. The van der Waals surface area contributed by atoms with Crippen LogP contribution in [0.4, 0.5) is 0 Å². The summed E-state index contributed by atoms with van der Waals surface area (Å²) in [5.74, 6) is -5.11. The van der Waals surface area contributed by atoms with Gasteiger partial charge in [-0.2, -0.15) is 0 Å². The number of hydrogen-bond acceptors (Lipinski definition) is 16. The Balaban J connectivity index is 3.38. The van der Waals surface area contributed by atoms with E-state index in [0.29, 0.717) is 13.2 Å². The zero-order chi connectivity index (χ0) is 42.7. The summed E-state index contributed by atoms with van der Waals surface area (Å²) >= 11 is 0. The highest BCUT2D eigenvalue weighted by atomic mass is 32.2. The highest BCUT2D eigenvalue weighted by Crippen LogP contribution is 2.61. The van der Waals surface area contributed by atoms with E-state index in [9.17, 15) is 9.59 Å². The van der Waals surface area contributed by atoms with Gasteiger partial charge in [0, 0.05) is 13.2 Å². The van der Waals surface area contributed by atoms with E-state index in [-0.39, 0.29) is 135 Å². The van der Waals surface area contributed by atoms with Gasteiger partial charge >= 0.3 is 11.9 Å². The Kier molecular flexibility index (Phi) is 20.4. The van der Waals surface area contributed by atoms with Gasteiger partial charge in [-0.25, -0.2) is 18.0 Å². The molecule has 57 heavy (non-hydrogen) atoms. The highest BCUT2D eigenvalue weighted by Gasteiger charge is 2.44. The second-order valence-corrected chi connectivity index (χ2v) is 13.0. The molecule has 2 aromatic rings. The summed E-state index contributed by atoms with van der Waals surface area (Å²) in [5.41, 5.74) is -0.0718. The second kappa shape index (κ2) is 24.0. The van der Waals surface area contributed by atoms with Crippen LogP contribution in [0.5, 0.6) is 57.5 Å². The summed E-state index contributed by atoms with van der Waals surface area (Å²) in [6.45, 7) is 24.0. The van der Waals surface area contributed by atoms with Crippen molar-refractivity contribution >= 4 is 21.8 Å². The first kappa shape index (κ1) is 48.3. The fourth-order valence-corrected chi connectivity index (χ4v) is 6.90. The van der Waals surface area contributed by atoms with Gasteiger partial charge in [-0.05, 0) is 69.2 Å². The van der Waals surface area contributed by atoms with Gasteiger partial charge in [0.2, 0.25) is 44.3 Å². The fraction of sp³-hybridized carbons (Fsp3) is 0.550. The Bertz CT molecular complexity index is 1600. The van der Waals surface area contributed by atoms with E-state index in [2.05, 4.69) is 13.2 Å². The van der Waals surface area contributed by atoms with Gasteiger partial charge < -0.3 is 56.8 Å². The number of carbonyl (C=O) groups is 2. The van der Waals surface area contributed by atoms with Crippen LogP contribution >= 0.6 is 0 Å². The Morgan fingerprint density at radius 1 is 0.386 bits per heavy atom. The molecule has 16 nitrogen and oxygen atoms in total. The Morgan fingerprint density at radius 3 is 0.825 bits per heavy atom. The number of esters is 2. The lowest BCUT2D eigenvalue weighted by Crippen LogP contribution is -2.20. The van der Waals surface area contributed by atoms with Gasteiger partial charge in [-0.15, -0.1) is 0 Å². The molecule has 0 aliphatic rings. The molecule has 0 aliphatic carbocycles. The van der Waals surface area contributed by atoms with Crippen LogP contribution in [0, 0.1) is 0 Å². The normalized spacial score (nSPS) is 11.0. The molecule has 0 N–H and O–H groups in total. The summed E-state index contributed by atoms with van der Waals surface area (Å²) in [5, 5.41) is 0. The average molecular weight is 827 g/mol. The van der Waals surface area contributed by atoms with Crippen LogP contribution in [0.15, 0.2) is 34.1 Å². The lowest BCUT2D eigenvalue weighted by atomic mass is 10.2. The summed E-state index contributed by atoms with van der Waals surface area (Å²) in [6.07, 6.45) is 0. The van der Waals surface area contributed by atoms with Gasteiger partial charge in [-0.3, -0.25) is 0 Å². The summed E-state index contributed by atoms with van der Waals surface area (Å²) in [6, 6.07) is 0. The molecule has 0 aromatic heterocycles. The highest BCUT2D eigenvalue weighted by molar-refractivity contribution is 7.92. The maximum Gasteiger partial charge on any atom is 0.341 e. The van der Waals surface area contributed by atoms with Gasteiger partial charge in [0.25, 0.3) is 0 Å². The zero-order valence-electron chi connectivity index (χ0n) is 34.8. The number of sulfone groups is 1. The van der Waals surface area contributed by atoms with Crippen LogP contribution in [0.25, 0.3) is 0 Å². The molecule has 2 rings (SSSR count). The van der Waals surface area contributed by atoms with Crippen LogP contribution in [0.1, 0.15) is 69.2 Å². The maximum atomic E-state index is 15.7. The number of rotatable bonds is 28. The summed E-state index contributed by atoms with van der Waals surface area (Å²) in [4.78, 5) is 25.6. The van der Waals surface area contributed by atoms with Gasteiger partial charge in [0.1, 0.15) is 0 Å². The monoisotopic (exact) mass is 826 g/mol. The molecule has 0 atom stereocenters. The lowest BCUT2D eigenvalue weighted by Gasteiger charge is -2.27. The third-order valence-electron chi connectivity index (χ3n) is 7.25. The molecule has 0 radical (unpaired) electrons. The predicted molar refractivity (Wildman–Crippen MR) is 210 cm³/mol. The van der Waals surface area contributed by atoms with Crippen LogP contribution in [0.2, 0.25) is 0 Å². The van der Waals surface area contributed by atoms with Crippen LogP contribution in [0.3, 0.4) is 0 Å². The van der Waals surface area contributed by atoms with Crippen molar-refractivity contribution in [3.05, 3.63) is 24.3 Å². The molecule has 0 spiro atoms. The van der Waals surface area contributed by atoms with Gasteiger partial charge in [-0.1, -0.05) is 13.2 Å². The van der Waals surface area contributed by atoms with Gasteiger partial charge in [0.05, 0.1) is 77.2 Å². The SMILES string of the molecule is C=C(COCC)C(=O)Oc1c(OCC)c(OCC)c(S(=O)(=O)c2c(OCC)c(OCC)c(OC(=O)C(=C)COCC)c(OCC)c2OCC)c(OCC)c1OCC. The molecule has 0 heterocycles. The first-order chi connectivity index (χ1) is 27.3. The molecule has 0 saturated heterocycles. The topological polar surface area (TPSA) is 179 Å². The molecule has 2 aromatic carbocycles. The molecule has 0 unspecified atom stereocenters. The molecule has 0 aliphatic heterocycles. The van der Waals surface area contributed by atoms with E-state index in [0.717, 1.165) is 0 Å². The van der Waals surface area contributed by atoms with Crippen molar-refractivity contribution in [3.8, 4) is 57.5 Å². The van der Waals surface area contributed by atoms with E-state index in [1.165, 1.54) is 0 Å². The van der Waals surface area contributed by atoms with Crippen molar-refractivity contribution in [3.63, 3.8) is 0 Å². The molecule has 0 fully saturated rings. The number of hydrogen-bond donors (Lipinski definition) is 0. The lowest BCUT2D eigenvalue weighted by molar-refractivity contribution is -0.131. The Labute approximate surface area is 336 Å². The molecule has 320 valence electrons. The van der Waals surface area contributed by atoms with Crippen molar-refractivity contribution < 1.29 is 74.8 Å². The first-order valence-corrected chi connectivity index (χ1v) is 20.5. The molecular formula is C40H58O16S. The van der Waals surface area contributed by atoms with Crippen molar-refractivity contribution in [1.82, 2.24) is 0 Å². The van der Waals surface area contributed by atoms with Crippen molar-refractivity contribution in [2.24, 2.45) is 0 Å². The fourth-order valence-electron chi connectivity index (χ4n) is 5.11. The number of ether oxygens (including phenoxy) is 12. The maximum absolute atomic E-state index is 15.7. The van der Waals surface area contributed by atoms with E-state index in [1.807, 2.05) is 0 Å². The number of carbonyl (C=O) groups excluding carboxylic acids is 2. The van der Waals surface area contributed by atoms with Crippen molar-refractivity contribution in [1.29, 1.82) is 0 Å². The van der Waals surface area contributed by atoms with Crippen LogP contribution in [-0.4, -0.2) is 99.6 Å². The van der Waals surface area contributed by atoms with Gasteiger partial charge in [0.15, 0.2) is 32.8 Å². The van der Waals surface area contributed by atoms with Crippen LogP contribution in [-0.2, 0) is 28.9 Å². The minimum atomic E-state index is -5.04. The van der Waals surface area contributed by atoms with E-state index in [4.69, 9.17) is 56.8 Å². The minimum absolute atomic E-state index is 0.0322. The minimum Gasteiger partial charge on any atom is -0.488 e. The smallest absolute Gasteiger partial charge is 0.341 e. The zero-order valence-corrected chi connectivity index (χ0v) is 35.7. The molecule has 17 heteroatoms. The molecule has 0 amide bonds.